The first-order chi connectivity index (χ1) is 14.4. The van der Waals surface area contributed by atoms with Gasteiger partial charge in [-0.05, 0) is 48.4 Å². The van der Waals surface area contributed by atoms with Crippen molar-refractivity contribution in [1.29, 1.82) is 0 Å². The number of carbonyl (C=O) groups excluding carboxylic acids is 1. The molecule has 0 radical (unpaired) electrons. The fourth-order valence-corrected chi connectivity index (χ4v) is 3.17. The molecule has 0 amide bonds. The highest BCUT2D eigenvalue weighted by atomic mass is 19.1. The van der Waals surface area contributed by atoms with Crippen LogP contribution in [0.25, 0.3) is 6.08 Å². The Morgan fingerprint density at radius 2 is 1.87 bits per heavy atom. The average Bonchev–Trinajstić information content (AvgIpc) is 3.04. The van der Waals surface area contributed by atoms with Gasteiger partial charge in [-0.15, -0.1) is 0 Å². The maximum absolute atomic E-state index is 13.9. The second kappa shape index (κ2) is 7.79. The normalized spacial score (nSPS) is 13.8. The van der Waals surface area contributed by atoms with Crippen molar-refractivity contribution in [3.8, 4) is 11.5 Å². The van der Waals surface area contributed by atoms with E-state index in [2.05, 4.69) is 0 Å². The summed E-state index contributed by atoms with van der Waals surface area (Å²) in [5, 5.41) is 10.7. The summed E-state index contributed by atoms with van der Waals surface area (Å²) in [6, 6.07) is 15.5. The van der Waals surface area contributed by atoms with E-state index in [1.54, 1.807) is 49.4 Å². The van der Waals surface area contributed by atoms with Crippen molar-refractivity contribution in [1.82, 2.24) is 0 Å². The molecule has 7 heteroatoms. The number of Topliss-reactive ketones (excluding diaryl/α,β-unsaturated/α-hetero) is 1. The van der Waals surface area contributed by atoms with E-state index < -0.39 is 10.7 Å². The van der Waals surface area contributed by atoms with Gasteiger partial charge in [-0.2, -0.15) is 0 Å². The van der Waals surface area contributed by atoms with Crippen molar-refractivity contribution in [2.75, 3.05) is 0 Å². The number of nitrogens with zero attached hydrogens (tertiary/aromatic N) is 1. The molecule has 150 valence electrons. The third-order valence-electron chi connectivity index (χ3n) is 4.69. The fraction of sp³-hybridized carbons (Fsp3) is 0.0870. The highest BCUT2D eigenvalue weighted by molar-refractivity contribution is 6.15. The van der Waals surface area contributed by atoms with Crippen LogP contribution in [-0.2, 0) is 6.61 Å². The number of non-ortho nitro benzene ring substituents is 1. The molecular weight excluding hydrogens is 389 g/mol. The lowest BCUT2D eigenvalue weighted by molar-refractivity contribution is -0.384. The van der Waals surface area contributed by atoms with Gasteiger partial charge in [0.1, 0.15) is 23.9 Å². The highest BCUT2D eigenvalue weighted by Gasteiger charge is 2.30. The molecule has 1 aliphatic heterocycles. The quantitative estimate of drug-likeness (QED) is 0.330. The SMILES string of the molecule is Cc1cc(OCc2ccc([N+](=O)[O-])cc2)cc2c1C(=O)/C(=C/c1ccccc1F)O2. The molecule has 6 nitrogen and oxygen atoms in total. The first kappa shape index (κ1) is 19.3. The lowest BCUT2D eigenvalue weighted by Gasteiger charge is -2.09. The Bertz CT molecular complexity index is 1180. The van der Waals surface area contributed by atoms with Gasteiger partial charge in [0.2, 0.25) is 5.78 Å². The maximum atomic E-state index is 13.9. The summed E-state index contributed by atoms with van der Waals surface area (Å²) in [4.78, 5) is 23.0. The maximum Gasteiger partial charge on any atom is 0.269 e. The van der Waals surface area contributed by atoms with Crippen molar-refractivity contribution in [2.24, 2.45) is 0 Å². The number of ether oxygens (including phenoxy) is 2. The highest BCUT2D eigenvalue weighted by Crippen LogP contribution is 2.37. The van der Waals surface area contributed by atoms with Crippen LogP contribution in [0.3, 0.4) is 0 Å². The number of fused-ring (bicyclic) bond motifs is 1. The van der Waals surface area contributed by atoms with E-state index in [0.717, 1.165) is 5.56 Å². The van der Waals surface area contributed by atoms with Crippen LogP contribution in [0.2, 0.25) is 0 Å². The summed E-state index contributed by atoms with van der Waals surface area (Å²) in [5.41, 5.74) is 2.12. The molecule has 0 saturated heterocycles. The molecule has 0 fully saturated rings. The van der Waals surface area contributed by atoms with Crippen LogP contribution in [0.5, 0.6) is 11.5 Å². The fourth-order valence-electron chi connectivity index (χ4n) is 3.17. The molecule has 0 atom stereocenters. The third kappa shape index (κ3) is 3.77. The van der Waals surface area contributed by atoms with Gasteiger partial charge in [0, 0.05) is 23.8 Å². The Labute approximate surface area is 171 Å². The van der Waals surface area contributed by atoms with E-state index in [0.29, 0.717) is 22.6 Å². The van der Waals surface area contributed by atoms with Gasteiger partial charge in [0.05, 0.1) is 10.5 Å². The van der Waals surface area contributed by atoms with Crippen LogP contribution in [0.4, 0.5) is 10.1 Å². The molecule has 0 spiro atoms. The number of ketones is 1. The summed E-state index contributed by atoms with van der Waals surface area (Å²) in [6.07, 6.45) is 1.38. The molecule has 0 aliphatic carbocycles. The van der Waals surface area contributed by atoms with Crippen LogP contribution < -0.4 is 9.47 Å². The van der Waals surface area contributed by atoms with Crippen LogP contribution in [-0.4, -0.2) is 10.7 Å². The number of hydrogen-bond acceptors (Lipinski definition) is 5. The summed E-state index contributed by atoms with van der Waals surface area (Å²) >= 11 is 0. The van der Waals surface area contributed by atoms with Crippen LogP contribution >= 0.6 is 0 Å². The standard InChI is InChI=1S/C23H16FNO5/c1-14-10-18(29-13-15-6-8-17(9-7-15)25(27)28)12-20-22(14)23(26)21(30-20)11-16-4-2-3-5-19(16)24/h2-12H,13H2,1H3/b21-11-. The van der Waals surface area contributed by atoms with E-state index in [-0.39, 0.29) is 29.4 Å². The van der Waals surface area contributed by atoms with E-state index in [1.807, 2.05) is 0 Å². The van der Waals surface area contributed by atoms with Crippen molar-refractivity contribution in [3.05, 3.63) is 105 Å². The first-order valence-electron chi connectivity index (χ1n) is 9.12. The van der Waals surface area contributed by atoms with E-state index in [4.69, 9.17) is 9.47 Å². The van der Waals surface area contributed by atoms with Crippen molar-refractivity contribution < 1.29 is 23.6 Å². The first-order valence-corrected chi connectivity index (χ1v) is 9.12. The van der Waals surface area contributed by atoms with E-state index in [1.165, 1.54) is 24.3 Å². The van der Waals surface area contributed by atoms with Crippen LogP contribution in [0, 0.1) is 22.9 Å². The molecule has 1 aliphatic rings. The Morgan fingerprint density at radius 1 is 1.13 bits per heavy atom. The van der Waals surface area contributed by atoms with Crippen molar-refractivity contribution >= 4 is 17.5 Å². The Balaban J connectivity index is 1.54. The van der Waals surface area contributed by atoms with Crippen molar-refractivity contribution in [3.63, 3.8) is 0 Å². The lowest BCUT2D eigenvalue weighted by atomic mass is 10.0. The average molecular weight is 405 g/mol. The minimum atomic E-state index is -0.463. The second-order valence-electron chi connectivity index (χ2n) is 6.79. The van der Waals surface area contributed by atoms with Crippen molar-refractivity contribution in [2.45, 2.75) is 13.5 Å². The Kier molecular flexibility index (Phi) is 5.02. The largest absolute Gasteiger partial charge is 0.489 e. The molecule has 30 heavy (non-hydrogen) atoms. The summed E-state index contributed by atoms with van der Waals surface area (Å²) < 4.78 is 25.4. The number of rotatable bonds is 5. The zero-order valence-corrected chi connectivity index (χ0v) is 15.9. The van der Waals surface area contributed by atoms with Gasteiger partial charge in [0.15, 0.2) is 5.76 Å². The molecule has 0 aromatic heterocycles. The predicted octanol–water partition coefficient (Wildman–Crippen LogP) is 5.24. The molecule has 1 heterocycles. The van der Waals surface area contributed by atoms with Gasteiger partial charge < -0.3 is 9.47 Å². The number of benzene rings is 3. The predicted molar refractivity (Wildman–Crippen MR) is 108 cm³/mol. The van der Waals surface area contributed by atoms with Gasteiger partial charge in [-0.3, -0.25) is 14.9 Å². The summed E-state index contributed by atoms with van der Waals surface area (Å²) in [5.74, 6) is 0.130. The van der Waals surface area contributed by atoms with Crippen LogP contribution in [0.15, 0.2) is 66.4 Å². The third-order valence-corrected chi connectivity index (χ3v) is 4.69. The number of halogens is 1. The van der Waals surface area contributed by atoms with Crippen LogP contribution in [0.1, 0.15) is 27.0 Å². The monoisotopic (exact) mass is 405 g/mol. The molecule has 0 bridgehead atoms. The molecular formula is C23H16FNO5. The Hall–Kier alpha value is -4.00. The minimum absolute atomic E-state index is 0.00760. The topological polar surface area (TPSA) is 78.7 Å². The molecule has 0 saturated carbocycles. The zero-order chi connectivity index (χ0) is 21.3. The summed E-state index contributed by atoms with van der Waals surface area (Å²) in [7, 11) is 0. The number of nitro benzene ring substituents is 1. The second-order valence-corrected chi connectivity index (χ2v) is 6.79. The Morgan fingerprint density at radius 3 is 2.57 bits per heavy atom. The van der Waals surface area contributed by atoms with Gasteiger partial charge >= 0.3 is 0 Å². The zero-order valence-electron chi connectivity index (χ0n) is 15.9. The number of allylic oxidation sites excluding steroid dienone is 1. The van der Waals surface area contributed by atoms with Gasteiger partial charge in [-0.1, -0.05) is 18.2 Å². The number of nitro groups is 1. The molecule has 0 unspecified atom stereocenters. The molecule has 3 aromatic rings. The molecule has 4 rings (SSSR count). The van der Waals surface area contributed by atoms with E-state index >= 15 is 0 Å². The number of hydrogen-bond donors (Lipinski definition) is 0. The van der Waals surface area contributed by atoms with Gasteiger partial charge in [-0.25, -0.2) is 4.39 Å². The molecule has 3 aromatic carbocycles. The smallest absolute Gasteiger partial charge is 0.269 e. The van der Waals surface area contributed by atoms with Gasteiger partial charge in [0.25, 0.3) is 5.69 Å². The minimum Gasteiger partial charge on any atom is -0.489 e. The number of aryl methyl sites for hydroxylation is 1. The lowest BCUT2D eigenvalue weighted by Crippen LogP contribution is -2.00. The van der Waals surface area contributed by atoms with E-state index in [9.17, 15) is 19.3 Å². The molecule has 0 N–H and O–H groups in total. The summed E-state index contributed by atoms with van der Waals surface area (Å²) in [6.45, 7) is 1.97. The number of carbonyl (C=O) groups is 1.